The summed E-state index contributed by atoms with van der Waals surface area (Å²) in [4.78, 5) is 15.6. The molecule has 0 amide bonds. The Morgan fingerprint density at radius 3 is 2.89 bits per heavy atom. The Balaban J connectivity index is 2.06. The van der Waals surface area contributed by atoms with Crippen LogP contribution < -0.4 is 5.73 Å². The Kier molecular flexibility index (Phi) is 3.52. The highest BCUT2D eigenvalue weighted by molar-refractivity contribution is 5.90. The molecule has 0 spiro atoms. The van der Waals surface area contributed by atoms with E-state index in [1.165, 1.54) is 12.1 Å². The molecule has 0 bridgehead atoms. The molecule has 1 aromatic heterocycles. The fraction of sp³-hybridized carbons (Fsp3) is 0.0769. The van der Waals surface area contributed by atoms with Gasteiger partial charge >= 0.3 is 5.97 Å². The van der Waals surface area contributed by atoms with Crippen molar-refractivity contribution in [1.82, 2.24) is 4.98 Å². The maximum Gasteiger partial charge on any atom is 0.341 e. The van der Waals surface area contributed by atoms with Gasteiger partial charge in [0, 0.05) is 11.9 Å². The molecule has 0 saturated heterocycles. The number of nitrogen functional groups attached to an aromatic ring is 1. The minimum Gasteiger partial charge on any atom is -0.456 e. The number of ether oxygens (including phenoxy) is 1. The third-order valence-corrected chi connectivity index (χ3v) is 2.29. The van der Waals surface area contributed by atoms with E-state index in [4.69, 9.17) is 10.5 Å². The number of rotatable bonds is 3. The summed E-state index contributed by atoms with van der Waals surface area (Å²) >= 11 is 0. The van der Waals surface area contributed by atoms with E-state index in [9.17, 15) is 9.18 Å². The molecule has 5 heteroatoms. The van der Waals surface area contributed by atoms with E-state index < -0.39 is 11.8 Å². The van der Waals surface area contributed by atoms with Crippen molar-refractivity contribution in [3.8, 4) is 0 Å². The van der Waals surface area contributed by atoms with Crippen LogP contribution in [0.1, 0.15) is 16.1 Å². The first-order valence-electron chi connectivity index (χ1n) is 5.29. The summed E-state index contributed by atoms with van der Waals surface area (Å²) in [6.07, 6.45) is 1.59. The first kappa shape index (κ1) is 12.0. The Bertz CT molecular complexity index is 558. The number of hydrogen-bond donors (Lipinski definition) is 1. The largest absolute Gasteiger partial charge is 0.456 e. The van der Waals surface area contributed by atoms with E-state index in [0.29, 0.717) is 11.4 Å². The maximum absolute atomic E-state index is 13.4. The van der Waals surface area contributed by atoms with Crippen LogP contribution in [0.3, 0.4) is 0 Å². The molecule has 0 fully saturated rings. The van der Waals surface area contributed by atoms with Crippen LogP contribution in [0.2, 0.25) is 0 Å². The van der Waals surface area contributed by atoms with Crippen molar-refractivity contribution in [2.45, 2.75) is 6.61 Å². The fourth-order valence-corrected chi connectivity index (χ4v) is 1.40. The summed E-state index contributed by atoms with van der Waals surface area (Å²) in [7, 11) is 0. The van der Waals surface area contributed by atoms with Gasteiger partial charge in [0.1, 0.15) is 12.4 Å². The maximum atomic E-state index is 13.4. The van der Waals surface area contributed by atoms with E-state index in [1.54, 1.807) is 24.4 Å². The number of halogens is 1. The molecule has 2 aromatic rings. The number of esters is 1. The third-order valence-electron chi connectivity index (χ3n) is 2.29. The fourth-order valence-electron chi connectivity index (χ4n) is 1.40. The number of anilines is 1. The van der Waals surface area contributed by atoms with Crippen LogP contribution in [-0.4, -0.2) is 11.0 Å². The molecule has 2 N–H and O–H groups in total. The minimum atomic E-state index is -0.759. The van der Waals surface area contributed by atoms with Crippen molar-refractivity contribution in [2.24, 2.45) is 0 Å². The Morgan fingerprint density at radius 1 is 1.33 bits per heavy atom. The number of aromatic nitrogens is 1. The van der Waals surface area contributed by atoms with E-state index in [0.717, 1.165) is 6.07 Å². The third kappa shape index (κ3) is 2.82. The Hall–Kier alpha value is -2.43. The highest BCUT2D eigenvalue weighted by Crippen LogP contribution is 2.13. The van der Waals surface area contributed by atoms with Gasteiger partial charge in [-0.15, -0.1) is 0 Å². The average Bonchev–Trinajstić information content (AvgIpc) is 2.40. The summed E-state index contributed by atoms with van der Waals surface area (Å²) < 4.78 is 18.3. The molecule has 0 aliphatic rings. The van der Waals surface area contributed by atoms with Crippen molar-refractivity contribution in [3.63, 3.8) is 0 Å². The number of hydrogen-bond acceptors (Lipinski definition) is 4. The van der Waals surface area contributed by atoms with E-state index in [2.05, 4.69) is 4.98 Å². The van der Waals surface area contributed by atoms with Gasteiger partial charge in [-0.1, -0.05) is 6.07 Å². The predicted octanol–water partition coefficient (Wildman–Crippen LogP) is 2.16. The minimum absolute atomic E-state index is 0.00604. The van der Waals surface area contributed by atoms with E-state index >= 15 is 0 Å². The van der Waals surface area contributed by atoms with Crippen LogP contribution in [0.4, 0.5) is 10.1 Å². The molecule has 0 saturated carbocycles. The molecule has 1 heterocycles. The first-order chi connectivity index (χ1) is 8.66. The van der Waals surface area contributed by atoms with Gasteiger partial charge in [0.15, 0.2) is 0 Å². The molecule has 0 atom stereocenters. The Labute approximate surface area is 103 Å². The van der Waals surface area contributed by atoms with Gasteiger partial charge in [0.25, 0.3) is 0 Å². The standard InChI is InChI=1S/C13H11FN2O2/c14-12-5-4-9(15)7-11(12)13(17)18-8-10-3-1-2-6-16-10/h1-7H,8,15H2. The molecule has 4 nitrogen and oxygen atoms in total. The van der Waals surface area contributed by atoms with Crippen LogP contribution in [0.25, 0.3) is 0 Å². The second-order valence-corrected chi connectivity index (χ2v) is 3.64. The van der Waals surface area contributed by atoms with Crippen LogP contribution >= 0.6 is 0 Å². The van der Waals surface area contributed by atoms with Crippen LogP contribution in [0, 0.1) is 5.82 Å². The molecule has 0 aliphatic carbocycles. The number of carbonyl (C=O) groups excluding carboxylic acids is 1. The summed E-state index contributed by atoms with van der Waals surface area (Å²) in [5.41, 5.74) is 6.21. The average molecular weight is 246 g/mol. The van der Waals surface area contributed by atoms with Crippen LogP contribution in [0.15, 0.2) is 42.6 Å². The summed E-state index contributed by atoms with van der Waals surface area (Å²) in [6.45, 7) is -0.00604. The number of nitrogens with two attached hydrogens (primary N) is 1. The quantitative estimate of drug-likeness (QED) is 0.665. The van der Waals surface area contributed by atoms with Crippen molar-refractivity contribution in [2.75, 3.05) is 5.73 Å². The smallest absolute Gasteiger partial charge is 0.341 e. The summed E-state index contributed by atoms with van der Waals surface area (Å²) in [6, 6.07) is 9.00. The normalized spacial score (nSPS) is 10.1. The van der Waals surface area contributed by atoms with Gasteiger partial charge in [0.05, 0.1) is 11.3 Å². The van der Waals surface area contributed by atoms with Crippen LogP contribution in [0.5, 0.6) is 0 Å². The van der Waals surface area contributed by atoms with Crippen molar-refractivity contribution >= 4 is 11.7 Å². The molecule has 0 radical (unpaired) electrons. The number of nitrogens with zero attached hydrogens (tertiary/aromatic N) is 1. The second-order valence-electron chi connectivity index (χ2n) is 3.64. The van der Waals surface area contributed by atoms with Crippen molar-refractivity contribution < 1.29 is 13.9 Å². The van der Waals surface area contributed by atoms with Gasteiger partial charge in [-0.2, -0.15) is 0 Å². The van der Waals surface area contributed by atoms with Gasteiger partial charge in [-0.05, 0) is 30.3 Å². The zero-order valence-corrected chi connectivity index (χ0v) is 9.47. The van der Waals surface area contributed by atoms with Gasteiger partial charge in [0.2, 0.25) is 0 Å². The number of benzene rings is 1. The zero-order valence-electron chi connectivity index (χ0n) is 9.47. The lowest BCUT2D eigenvalue weighted by atomic mass is 10.2. The van der Waals surface area contributed by atoms with E-state index in [1.807, 2.05) is 0 Å². The molecule has 18 heavy (non-hydrogen) atoms. The summed E-state index contributed by atoms with van der Waals surface area (Å²) in [5.74, 6) is -1.42. The van der Waals surface area contributed by atoms with E-state index in [-0.39, 0.29) is 12.2 Å². The van der Waals surface area contributed by atoms with Gasteiger partial charge < -0.3 is 10.5 Å². The lowest BCUT2D eigenvalue weighted by molar-refractivity contribution is 0.0462. The predicted molar refractivity (Wildman–Crippen MR) is 64.2 cm³/mol. The molecular weight excluding hydrogens is 235 g/mol. The van der Waals surface area contributed by atoms with Crippen LogP contribution in [-0.2, 0) is 11.3 Å². The van der Waals surface area contributed by atoms with Crippen molar-refractivity contribution in [1.29, 1.82) is 0 Å². The lowest BCUT2D eigenvalue weighted by Gasteiger charge is -2.05. The second kappa shape index (κ2) is 5.27. The molecule has 0 unspecified atom stereocenters. The number of pyridine rings is 1. The van der Waals surface area contributed by atoms with Gasteiger partial charge in [-0.3, -0.25) is 4.98 Å². The monoisotopic (exact) mass is 246 g/mol. The molecule has 92 valence electrons. The lowest BCUT2D eigenvalue weighted by Crippen LogP contribution is -2.08. The van der Waals surface area contributed by atoms with Crippen molar-refractivity contribution in [3.05, 3.63) is 59.7 Å². The first-order valence-corrected chi connectivity index (χ1v) is 5.29. The highest BCUT2D eigenvalue weighted by Gasteiger charge is 2.13. The SMILES string of the molecule is Nc1ccc(F)c(C(=O)OCc2ccccn2)c1. The summed E-state index contributed by atoms with van der Waals surface area (Å²) in [5, 5.41) is 0. The zero-order chi connectivity index (χ0) is 13.0. The molecular formula is C13H11FN2O2. The van der Waals surface area contributed by atoms with Gasteiger partial charge in [-0.25, -0.2) is 9.18 Å². The number of carbonyl (C=O) groups is 1. The molecule has 0 aliphatic heterocycles. The highest BCUT2D eigenvalue weighted by atomic mass is 19.1. The molecule has 1 aromatic carbocycles. The Morgan fingerprint density at radius 2 is 2.17 bits per heavy atom. The topological polar surface area (TPSA) is 65.2 Å². The molecule has 2 rings (SSSR count).